The topological polar surface area (TPSA) is 44.8 Å². The van der Waals surface area contributed by atoms with Crippen LogP contribution in [0.1, 0.15) is 0 Å². The summed E-state index contributed by atoms with van der Waals surface area (Å²) in [5.74, 6) is 0. The minimum atomic E-state index is -3.38. The Hall–Kier alpha value is -0.410. The summed E-state index contributed by atoms with van der Waals surface area (Å²) in [6.07, 6.45) is 2.92. The Kier molecular flexibility index (Phi) is 5.93. The van der Waals surface area contributed by atoms with Gasteiger partial charge >= 0.3 is 7.82 Å². The minimum Gasteiger partial charge on any atom is -0.290 e. The zero-order valence-electron chi connectivity index (χ0n) is 7.06. The van der Waals surface area contributed by atoms with Gasteiger partial charge in [-0.3, -0.25) is 13.6 Å². The van der Waals surface area contributed by atoms with Gasteiger partial charge in [0.05, 0.1) is 13.2 Å². The molecule has 0 aliphatic rings. The highest BCUT2D eigenvalue weighted by molar-refractivity contribution is 7.48. The standard InChI is InChI=1S/C7H13O4P/c1-4-6-10-12(8,9-3)11-7-5-2/h4-5H,1-2,6-7H2,3H3. The van der Waals surface area contributed by atoms with Crippen molar-refractivity contribution >= 4 is 7.82 Å². The molecule has 0 radical (unpaired) electrons. The van der Waals surface area contributed by atoms with E-state index in [1.165, 1.54) is 19.3 Å². The summed E-state index contributed by atoms with van der Waals surface area (Å²) in [6.45, 7) is 7.06. The molecule has 5 heteroatoms. The second-order valence-electron chi connectivity index (χ2n) is 1.80. The van der Waals surface area contributed by atoms with Gasteiger partial charge < -0.3 is 0 Å². The van der Waals surface area contributed by atoms with Crippen LogP contribution in [0.3, 0.4) is 0 Å². The summed E-state index contributed by atoms with van der Waals surface area (Å²) in [6, 6.07) is 0. The van der Waals surface area contributed by atoms with E-state index in [1.54, 1.807) is 0 Å². The van der Waals surface area contributed by atoms with Crippen LogP contribution in [0.2, 0.25) is 0 Å². The summed E-state index contributed by atoms with van der Waals surface area (Å²) < 4.78 is 25.4. The number of hydrogen-bond acceptors (Lipinski definition) is 4. The van der Waals surface area contributed by atoms with Gasteiger partial charge in [0, 0.05) is 7.11 Å². The maximum absolute atomic E-state index is 11.3. The molecule has 0 rings (SSSR count). The third kappa shape index (κ3) is 4.46. The Labute approximate surface area is 72.4 Å². The average molecular weight is 192 g/mol. The fourth-order valence-electron chi connectivity index (χ4n) is 0.431. The molecule has 0 N–H and O–H groups in total. The van der Waals surface area contributed by atoms with Gasteiger partial charge in [0.15, 0.2) is 0 Å². The van der Waals surface area contributed by atoms with Gasteiger partial charge in [0.1, 0.15) is 0 Å². The summed E-state index contributed by atoms with van der Waals surface area (Å²) in [5.41, 5.74) is 0. The summed E-state index contributed by atoms with van der Waals surface area (Å²) in [5, 5.41) is 0. The predicted octanol–water partition coefficient (Wildman–Crippen LogP) is 2.15. The molecule has 0 saturated carbocycles. The number of hydrogen-bond donors (Lipinski definition) is 0. The van der Waals surface area contributed by atoms with Crippen LogP contribution in [0, 0.1) is 0 Å². The van der Waals surface area contributed by atoms with Crippen LogP contribution in [0.15, 0.2) is 25.3 Å². The summed E-state index contributed by atoms with van der Waals surface area (Å²) in [4.78, 5) is 0. The van der Waals surface area contributed by atoms with Crippen molar-refractivity contribution in [3.05, 3.63) is 25.3 Å². The molecule has 12 heavy (non-hydrogen) atoms. The Morgan fingerprint density at radius 1 is 1.25 bits per heavy atom. The molecule has 0 aromatic rings. The van der Waals surface area contributed by atoms with Crippen LogP contribution >= 0.6 is 7.82 Å². The third-order valence-electron chi connectivity index (χ3n) is 0.925. The van der Waals surface area contributed by atoms with Crippen molar-refractivity contribution in [2.75, 3.05) is 20.3 Å². The van der Waals surface area contributed by atoms with Gasteiger partial charge in [0.25, 0.3) is 0 Å². The van der Waals surface area contributed by atoms with Gasteiger partial charge in [0.2, 0.25) is 0 Å². The van der Waals surface area contributed by atoms with E-state index in [1.807, 2.05) is 0 Å². The van der Waals surface area contributed by atoms with Crippen molar-refractivity contribution in [1.29, 1.82) is 0 Å². The molecule has 0 aromatic carbocycles. The molecular weight excluding hydrogens is 179 g/mol. The molecule has 0 unspecified atom stereocenters. The lowest BCUT2D eigenvalue weighted by molar-refractivity contribution is 0.152. The smallest absolute Gasteiger partial charge is 0.290 e. The molecule has 0 aromatic heterocycles. The van der Waals surface area contributed by atoms with Crippen molar-refractivity contribution in [2.24, 2.45) is 0 Å². The predicted molar refractivity (Wildman–Crippen MR) is 46.9 cm³/mol. The van der Waals surface area contributed by atoms with Crippen molar-refractivity contribution in [3.8, 4) is 0 Å². The van der Waals surface area contributed by atoms with E-state index in [0.29, 0.717) is 0 Å². The molecular formula is C7H13O4P. The van der Waals surface area contributed by atoms with Crippen molar-refractivity contribution in [2.45, 2.75) is 0 Å². The monoisotopic (exact) mass is 192 g/mol. The largest absolute Gasteiger partial charge is 0.475 e. The van der Waals surface area contributed by atoms with Gasteiger partial charge in [-0.1, -0.05) is 12.2 Å². The first kappa shape index (κ1) is 11.6. The van der Waals surface area contributed by atoms with Crippen LogP contribution in [0.4, 0.5) is 0 Å². The minimum absolute atomic E-state index is 0.127. The highest BCUT2D eigenvalue weighted by Crippen LogP contribution is 2.48. The van der Waals surface area contributed by atoms with E-state index >= 15 is 0 Å². The normalized spacial score (nSPS) is 11.1. The van der Waals surface area contributed by atoms with E-state index in [2.05, 4.69) is 17.7 Å². The van der Waals surface area contributed by atoms with Crippen molar-refractivity contribution < 1.29 is 18.1 Å². The van der Waals surface area contributed by atoms with E-state index in [9.17, 15) is 4.57 Å². The zero-order chi connectivity index (χ0) is 9.45. The number of phosphoric acid groups is 1. The summed E-state index contributed by atoms with van der Waals surface area (Å²) >= 11 is 0. The zero-order valence-corrected chi connectivity index (χ0v) is 7.96. The Morgan fingerprint density at radius 2 is 1.67 bits per heavy atom. The maximum atomic E-state index is 11.3. The van der Waals surface area contributed by atoms with Crippen LogP contribution < -0.4 is 0 Å². The highest BCUT2D eigenvalue weighted by Gasteiger charge is 2.22. The lowest BCUT2D eigenvalue weighted by atomic mass is 10.7. The fraction of sp³-hybridized carbons (Fsp3) is 0.429. The molecule has 0 bridgehead atoms. The first-order valence-electron chi connectivity index (χ1n) is 3.35. The average Bonchev–Trinajstić information content (AvgIpc) is 2.11. The molecule has 0 aliphatic carbocycles. The lowest BCUT2D eigenvalue weighted by Crippen LogP contribution is -1.97. The fourth-order valence-corrected chi connectivity index (χ4v) is 1.29. The molecule has 0 amide bonds. The van der Waals surface area contributed by atoms with Crippen LogP contribution in [-0.2, 0) is 18.1 Å². The molecule has 0 heterocycles. The van der Waals surface area contributed by atoms with E-state index in [4.69, 9.17) is 9.05 Å². The van der Waals surface area contributed by atoms with Crippen molar-refractivity contribution in [3.63, 3.8) is 0 Å². The van der Waals surface area contributed by atoms with Crippen LogP contribution in [-0.4, -0.2) is 20.3 Å². The van der Waals surface area contributed by atoms with E-state index in [0.717, 1.165) is 0 Å². The number of phosphoric ester groups is 1. The first-order chi connectivity index (χ1) is 5.68. The van der Waals surface area contributed by atoms with Crippen LogP contribution in [0.25, 0.3) is 0 Å². The second kappa shape index (κ2) is 6.14. The summed E-state index contributed by atoms with van der Waals surface area (Å²) in [7, 11) is -2.12. The molecule has 0 aliphatic heterocycles. The maximum Gasteiger partial charge on any atom is 0.475 e. The molecule has 0 spiro atoms. The van der Waals surface area contributed by atoms with Gasteiger partial charge in [-0.05, 0) is 0 Å². The Balaban J connectivity index is 3.94. The molecule has 70 valence electrons. The second-order valence-corrected chi connectivity index (χ2v) is 3.57. The van der Waals surface area contributed by atoms with E-state index < -0.39 is 7.82 Å². The van der Waals surface area contributed by atoms with Crippen LogP contribution in [0.5, 0.6) is 0 Å². The molecule has 0 atom stereocenters. The van der Waals surface area contributed by atoms with Gasteiger partial charge in [-0.15, -0.1) is 13.2 Å². The SMILES string of the molecule is C=CCOP(=O)(OC)OCC=C. The molecule has 0 fully saturated rings. The lowest BCUT2D eigenvalue weighted by Gasteiger charge is -2.13. The molecule has 4 nitrogen and oxygen atoms in total. The Morgan fingerprint density at radius 3 is 1.92 bits per heavy atom. The highest BCUT2D eigenvalue weighted by atomic mass is 31.2. The van der Waals surface area contributed by atoms with Crippen molar-refractivity contribution in [1.82, 2.24) is 0 Å². The van der Waals surface area contributed by atoms with E-state index in [-0.39, 0.29) is 13.2 Å². The third-order valence-corrected chi connectivity index (χ3v) is 2.30. The Bertz CT molecular complexity index is 174. The first-order valence-corrected chi connectivity index (χ1v) is 4.81. The quantitative estimate of drug-likeness (QED) is 0.458. The number of rotatable bonds is 7. The molecule has 0 saturated heterocycles. The van der Waals surface area contributed by atoms with Gasteiger partial charge in [-0.25, -0.2) is 4.57 Å². The van der Waals surface area contributed by atoms with Gasteiger partial charge in [-0.2, -0.15) is 0 Å².